The van der Waals surface area contributed by atoms with E-state index in [4.69, 9.17) is 38.3 Å². The molecule has 1 saturated heterocycles. The quantitative estimate of drug-likeness (QED) is 0.121. The minimum absolute atomic E-state index is 0.426. The molecule has 44 heavy (non-hydrogen) atoms. The van der Waals surface area contributed by atoms with Gasteiger partial charge in [0.05, 0.1) is 8.80 Å². The Hall–Kier alpha value is 1.59. The minimum atomic E-state index is -2.81. The Morgan fingerprint density at radius 1 is 0.591 bits per heavy atom. The molecule has 1 radical (unpaired) electrons. The molecule has 9 nitrogen and oxygen atoms in total. The summed E-state index contributed by atoms with van der Waals surface area (Å²) in [6, 6.07) is 7.45. The Labute approximate surface area is 282 Å². The zero-order valence-electron chi connectivity index (χ0n) is 31.5. The topological polar surface area (TPSA) is 83.1 Å². The first-order valence-corrected chi connectivity index (χ1v) is 40.5. The second kappa shape index (κ2) is 17.0. The molecule has 18 heteroatoms. The average Bonchev–Trinajstić information content (AvgIpc) is 2.89. The monoisotopic (exact) mass is 777 g/mol. The van der Waals surface area contributed by atoms with Gasteiger partial charge in [0.2, 0.25) is 0 Å². The highest BCUT2D eigenvalue weighted by Crippen LogP contribution is 2.40. The summed E-state index contributed by atoms with van der Waals surface area (Å²) in [5.41, 5.74) is 0. The van der Waals surface area contributed by atoms with E-state index >= 15 is 0 Å². The normalized spacial score (nSPS) is 27.4. The largest absolute Gasteiger partial charge is 0.500 e. The van der Waals surface area contributed by atoms with Gasteiger partial charge in [0.1, 0.15) is 0 Å². The van der Waals surface area contributed by atoms with Crippen LogP contribution in [0.1, 0.15) is 13.8 Å². The first kappa shape index (κ1) is 43.6. The van der Waals surface area contributed by atoms with Crippen LogP contribution in [-0.2, 0) is 38.3 Å². The first-order chi connectivity index (χ1) is 19.9. The summed E-state index contributed by atoms with van der Waals surface area (Å²) in [7, 11) is -14.6. The molecule has 1 heterocycles. The molecule has 3 atom stereocenters. The Bertz CT molecular complexity index is 874. The predicted molar refractivity (Wildman–Crippen MR) is 204 cm³/mol. The van der Waals surface area contributed by atoms with Crippen molar-refractivity contribution in [3.05, 3.63) is 0 Å². The molecule has 0 aromatic carbocycles. The van der Waals surface area contributed by atoms with Crippen molar-refractivity contribution in [3.8, 4) is 0 Å². The Balaban J connectivity index is 3.40. The molecule has 1 fully saturated rings. The lowest BCUT2D eigenvalue weighted by Gasteiger charge is -2.50. The maximum absolute atomic E-state index is 7.39. The molecule has 3 unspecified atom stereocenters. The van der Waals surface area contributed by atoms with Crippen molar-refractivity contribution in [3.63, 3.8) is 0 Å². The summed E-state index contributed by atoms with van der Waals surface area (Å²) in [5.74, 6) is 0. The summed E-state index contributed by atoms with van der Waals surface area (Å²) in [6.07, 6.45) is 0.926. The summed E-state index contributed by atoms with van der Waals surface area (Å²) in [4.78, 5) is 0. The van der Waals surface area contributed by atoms with Gasteiger partial charge in [0, 0.05) is 33.6 Å². The molecule has 0 spiro atoms. The van der Waals surface area contributed by atoms with E-state index < -0.39 is 76.8 Å². The lowest BCUT2D eigenvalue weighted by molar-refractivity contribution is 0.124. The number of hydrogen-bond donors (Lipinski definition) is 0. The molecule has 0 saturated carbocycles. The Morgan fingerprint density at radius 3 is 1.41 bits per heavy atom. The summed E-state index contributed by atoms with van der Waals surface area (Å²) in [6.45, 7) is 32.0. The second-order valence-electron chi connectivity index (χ2n) is 15.3. The van der Waals surface area contributed by atoms with E-state index in [1.54, 1.807) is 21.3 Å². The van der Waals surface area contributed by atoms with Crippen molar-refractivity contribution in [2.45, 2.75) is 141 Å². The third-order valence-electron chi connectivity index (χ3n) is 8.68. The van der Waals surface area contributed by atoms with Crippen molar-refractivity contribution >= 4 is 76.8 Å². The van der Waals surface area contributed by atoms with Gasteiger partial charge in [0.15, 0.2) is 25.0 Å². The van der Waals surface area contributed by atoms with E-state index in [1.165, 1.54) is 6.04 Å². The molecular weight excluding hydrogens is 709 g/mol. The zero-order valence-corrected chi connectivity index (χ0v) is 40.5. The fourth-order valence-electron chi connectivity index (χ4n) is 5.70. The maximum Gasteiger partial charge on any atom is 0.500 e. The number of hydrogen-bond acceptors (Lipinski definition) is 9. The van der Waals surface area contributed by atoms with Gasteiger partial charge in [-0.05, 0) is 108 Å². The standard InChI is InChI=1S/C26H69O9Si9/c1-18-36(6)26-30-38(9,10)20-22-41(15)32-40(13,14)33-42(16,24-25-44(27-3,28-4)29-5)35-43(17,34-41)23-21-39(11,12)31-37(7,8)19-2/h18-26H2,1-17H3. The van der Waals surface area contributed by atoms with Crippen LogP contribution in [-0.4, -0.2) is 104 Å². The minimum Gasteiger partial charge on any atom is -0.456 e. The molecule has 0 amide bonds. The van der Waals surface area contributed by atoms with Crippen molar-refractivity contribution in [1.82, 2.24) is 0 Å². The highest BCUT2D eigenvalue weighted by molar-refractivity contribution is 6.95. The van der Waals surface area contributed by atoms with E-state index in [9.17, 15) is 0 Å². The van der Waals surface area contributed by atoms with Crippen molar-refractivity contribution < 1.29 is 38.3 Å². The van der Waals surface area contributed by atoms with Gasteiger partial charge in [-0.25, -0.2) is 0 Å². The lowest BCUT2D eigenvalue weighted by atomic mass is 10.9. The van der Waals surface area contributed by atoms with Crippen LogP contribution in [0.25, 0.3) is 0 Å². The van der Waals surface area contributed by atoms with E-state index in [2.05, 4.69) is 92.4 Å². The second-order valence-corrected chi connectivity index (χ2v) is 49.1. The Kier molecular flexibility index (Phi) is 16.9. The van der Waals surface area contributed by atoms with Gasteiger partial charge >= 0.3 is 43.0 Å². The van der Waals surface area contributed by atoms with Crippen LogP contribution in [0.5, 0.6) is 0 Å². The highest BCUT2D eigenvalue weighted by Gasteiger charge is 2.57. The van der Waals surface area contributed by atoms with Crippen LogP contribution in [0.3, 0.4) is 0 Å². The van der Waals surface area contributed by atoms with Crippen molar-refractivity contribution in [2.24, 2.45) is 0 Å². The van der Waals surface area contributed by atoms with Gasteiger partial charge in [-0.1, -0.05) is 26.4 Å². The summed E-state index contributed by atoms with van der Waals surface area (Å²) in [5, 5.41) is 0. The fourth-order valence-corrected chi connectivity index (χ4v) is 48.4. The Morgan fingerprint density at radius 2 is 1.00 bits per heavy atom. The van der Waals surface area contributed by atoms with Crippen LogP contribution < -0.4 is 0 Å². The lowest BCUT2D eigenvalue weighted by Crippen LogP contribution is -2.67. The maximum atomic E-state index is 7.39. The van der Waals surface area contributed by atoms with E-state index in [1.807, 2.05) is 0 Å². The molecule has 0 aromatic heterocycles. The molecule has 0 N–H and O–H groups in total. The first-order valence-electron chi connectivity index (χ1n) is 16.5. The molecule has 0 aromatic rings. The zero-order chi connectivity index (χ0) is 34.3. The molecule has 1 aliphatic heterocycles. The third kappa shape index (κ3) is 15.0. The van der Waals surface area contributed by atoms with E-state index in [0.29, 0.717) is 12.1 Å². The molecular formula is C26H69O9Si9. The SMILES string of the molecule is CC[Si](C)CO[Si](C)(C)CC[Si]1(C)O[Si](C)(C)O[Si](C)(CC[Si](OC)(OC)OC)O[Si](C)(CC[Si](C)(C)O[Si](C)(C)CC)O1. The smallest absolute Gasteiger partial charge is 0.456 e. The van der Waals surface area contributed by atoms with Crippen molar-refractivity contribution in [2.75, 3.05) is 27.6 Å². The van der Waals surface area contributed by atoms with Gasteiger partial charge in [-0.2, -0.15) is 0 Å². The van der Waals surface area contributed by atoms with Gasteiger partial charge in [0.25, 0.3) is 0 Å². The molecule has 0 bridgehead atoms. The van der Waals surface area contributed by atoms with Crippen LogP contribution in [0.2, 0.25) is 127 Å². The van der Waals surface area contributed by atoms with Crippen molar-refractivity contribution in [1.29, 1.82) is 0 Å². The third-order valence-corrected chi connectivity index (χ3v) is 42.8. The summed E-state index contributed by atoms with van der Waals surface area (Å²) >= 11 is 0. The van der Waals surface area contributed by atoms with Crippen LogP contribution in [0.15, 0.2) is 0 Å². The van der Waals surface area contributed by atoms with Crippen LogP contribution in [0, 0.1) is 0 Å². The summed E-state index contributed by atoms with van der Waals surface area (Å²) < 4.78 is 59.8. The number of rotatable bonds is 19. The van der Waals surface area contributed by atoms with Gasteiger partial charge in [-0.15, -0.1) is 0 Å². The van der Waals surface area contributed by atoms with Gasteiger partial charge in [-0.3, -0.25) is 0 Å². The van der Waals surface area contributed by atoms with Crippen LogP contribution >= 0.6 is 0 Å². The average molecular weight is 779 g/mol. The highest BCUT2D eigenvalue weighted by atomic mass is 28.5. The van der Waals surface area contributed by atoms with E-state index in [0.717, 1.165) is 36.5 Å². The predicted octanol–water partition coefficient (Wildman–Crippen LogP) is 8.21. The molecule has 263 valence electrons. The van der Waals surface area contributed by atoms with E-state index in [-0.39, 0.29) is 0 Å². The molecule has 1 rings (SSSR count). The van der Waals surface area contributed by atoms with Crippen LogP contribution in [0.4, 0.5) is 0 Å². The fraction of sp³-hybridized carbons (Fsp3) is 1.00. The van der Waals surface area contributed by atoms with Gasteiger partial charge < -0.3 is 38.3 Å². The molecule has 0 aliphatic carbocycles. The molecule has 1 aliphatic rings.